The molecule has 0 atom stereocenters. The van der Waals surface area contributed by atoms with Crippen LogP contribution in [-0.2, 0) is 6.54 Å². The molecule has 0 aliphatic carbocycles. The molecular weight excluding hydrogens is 266 g/mol. The average molecular weight is 279 g/mol. The summed E-state index contributed by atoms with van der Waals surface area (Å²) in [5.41, 5.74) is 3.52. The Balaban J connectivity index is 1.75. The summed E-state index contributed by atoms with van der Waals surface area (Å²) in [4.78, 5) is 14.4. The van der Waals surface area contributed by atoms with Gasteiger partial charge in [-0.3, -0.25) is 9.89 Å². The van der Waals surface area contributed by atoms with Crippen molar-refractivity contribution in [3.05, 3.63) is 53.7 Å². The fourth-order valence-corrected chi connectivity index (χ4v) is 2.71. The van der Waals surface area contributed by atoms with Crippen LogP contribution in [0.5, 0.6) is 5.75 Å². The molecule has 1 amide bonds. The van der Waals surface area contributed by atoms with Gasteiger partial charge < -0.3 is 9.64 Å². The van der Waals surface area contributed by atoms with Crippen molar-refractivity contribution in [1.29, 1.82) is 0 Å². The summed E-state index contributed by atoms with van der Waals surface area (Å²) in [7, 11) is 1.60. The number of amides is 1. The highest BCUT2D eigenvalue weighted by atomic mass is 16.5. The molecule has 104 valence electrons. The van der Waals surface area contributed by atoms with E-state index in [4.69, 9.17) is 4.74 Å². The highest BCUT2D eigenvalue weighted by molar-refractivity contribution is 6.10. The number of aromatic nitrogens is 2. The van der Waals surface area contributed by atoms with E-state index in [-0.39, 0.29) is 5.91 Å². The van der Waals surface area contributed by atoms with Crippen LogP contribution in [0.25, 0.3) is 10.9 Å². The van der Waals surface area contributed by atoms with Crippen LogP contribution >= 0.6 is 0 Å². The van der Waals surface area contributed by atoms with E-state index in [2.05, 4.69) is 10.2 Å². The summed E-state index contributed by atoms with van der Waals surface area (Å²) in [6.07, 6.45) is 1.77. The molecule has 0 unspecified atom stereocenters. The van der Waals surface area contributed by atoms with Crippen LogP contribution in [0.4, 0.5) is 5.69 Å². The van der Waals surface area contributed by atoms with Gasteiger partial charge in [0, 0.05) is 16.6 Å². The van der Waals surface area contributed by atoms with Gasteiger partial charge in [0.1, 0.15) is 5.75 Å². The number of rotatable bonds is 2. The largest absolute Gasteiger partial charge is 0.497 e. The molecule has 4 rings (SSSR count). The Morgan fingerprint density at radius 2 is 2.14 bits per heavy atom. The van der Waals surface area contributed by atoms with Crippen LogP contribution in [-0.4, -0.2) is 23.2 Å². The monoisotopic (exact) mass is 279 g/mol. The first-order valence-corrected chi connectivity index (χ1v) is 6.68. The van der Waals surface area contributed by atoms with Crippen molar-refractivity contribution in [3.63, 3.8) is 0 Å². The maximum absolute atomic E-state index is 12.6. The third kappa shape index (κ3) is 1.78. The normalized spacial score (nSPS) is 13.8. The minimum atomic E-state index is 0.00256. The SMILES string of the molecule is COc1ccc2c(c1)C(=O)N(c1ccc3cn[nH]c3c1)C2. The van der Waals surface area contributed by atoms with Gasteiger partial charge in [0.2, 0.25) is 0 Å². The molecule has 0 spiro atoms. The van der Waals surface area contributed by atoms with E-state index in [1.54, 1.807) is 24.3 Å². The second kappa shape index (κ2) is 4.34. The summed E-state index contributed by atoms with van der Waals surface area (Å²) < 4.78 is 5.19. The van der Waals surface area contributed by atoms with Gasteiger partial charge >= 0.3 is 0 Å². The summed E-state index contributed by atoms with van der Waals surface area (Å²) >= 11 is 0. The molecule has 1 N–H and O–H groups in total. The Morgan fingerprint density at radius 3 is 3.00 bits per heavy atom. The van der Waals surface area contributed by atoms with Gasteiger partial charge in [-0.05, 0) is 35.9 Å². The van der Waals surface area contributed by atoms with Gasteiger partial charge in [-0.25, -0.2) is 0 Å². The standard InChI is InChI=1S/C16H13N3O2/c1-21-13-5-3-11-9-19(16(20)14(11)7-13)12-4-2-10-8-17-18-15(10)6-12/h2-8H,9H2,1H3,(H,17,18). The summed E-state index contributed by atoms with van der Waals surface area (Å²) in [5, 5.41) is 7.97. The van der Waals surface area contributed by atoms with E-state index in [1.807, 2.05) is 30.3 Å². The van der Waals surface area contributed by atoms with Gasteiger partial charge in [-0.2, -0.15) is 5.10 Å². The van der Waals surface area contributed by atoms with Crippen molar-refractivity contribution in [3.8, 4) is 5.75 Å². The van der Waals surface area contributed by atoms with Crippen molar-refractivity contribution in [2.45, 2.75) is 6.54 Å². The second-order valence-electron chi connectivity index (χ2n) is 5.06. The van der Waals surface area contributed by atoms with E-state index in [9.17, 15) is 4.79 Å². The molecule has 3 aromatic rings. The lowest BCUT2D eigenvalue weighted by molar-refractivity contribution is 0.0996. The fraction of sp³-hybridized carbons (Fsp3) is 0.125. The molecule has 5 heteroatoms. The average Bonchev–Trinajstić information content (AvgIpc) is 3.11. The molecule has 2 aromatic carbocycles. The van der Waals surface area contributed by atoms with Gasteiger partial charge in [-0.15, -0.1) is 0 Å². The number of methoxy groups -OCH3 is 1. The minimum absolute atomic E-state index is 0.00256. The van der Waals surface area contributed by atoms with E-state index >= 15 is 0 Å². The topological polar surface area (TPSA) is 58.2 Å². The van der Waals surface area contributed by atoms with Gasteiger partial charge in [-0.1, -0.05) is 6.07 Å². The molecule has 1 aliphatic heterocycles. The molecule has 2 heterocycles. The number of anilines is 1. The fourth-order valence-electron chi connectivity index (χ4n) is 2.71. The Bertz CT molecular complexity index is 854. The molecule has 0 fully saturated rings. The Kier molecular flexibility index (Phi) is 2.47. The molecule has 5 nitrogen and oxygen atoms in total. The van der Waals surface area contributed by atoms with Crippen molar-refractivity contribution < 1.29 is 9.53 Å². The molecule has 1 aromatic heterocycles. The van der Waals surface area contributed by atoms with Crippen molar-refractivity contribution in [2.75, 3.05) is 12.0 Å². The molecule has 0 radical (unpaired) electrons. The first-order chi connectivity index (χ1) is 10.3. The highest BCUT2D eigenvalue weighted by Gasteiger charge is 2.29. The molecule has 0 bridgehead atoms. The number of fused-ring (bicyclic) bond motifs is 2. The first kappa shape index (κ1) is 12.0. The third-order valence-electron chi connectivity index (χ3n) is 3.86. The Hall–Kier alpha value is -2.82. The lowest BCUT2D eigenvalue weighted by atomic mass is 10.1. The van der Waals surface area contributed by atoms with Crippen LogP contribution in [0.15, 0.2) is 42.6 Å². The van der Waals surface area contributed by atoms with E-state index in [1.165, 1.54) is 0 Å². The number of benzene rings is 2. The van der Waals surface area contributed by atoms with Crippen LogP contribution < -0.4 is 9.64 Å². The zero-order chi connectivity index (χ0) is 14.4. The van der Waals surface area contributed by atoms with Gasteiger partial charge in [0.05, 0.1) is 25.4 Å². The lowest BCUT2D eigenvalue weighted by Crippen LogP contribution is -2.22. The van der Waals surface area contributed by atoms with E-state index < -0.39 is 0 Å². The Labute approximate surface area is 121 Å². The predicted molar refractivity (Wildman–Crippen MR) is 79.6 cm³/mol. The number of H-pyrrole nitrogens is 1. The maximum atomic E-state index is 12.6. The number of aromatic amines is 1. The highest BCUT2D eigenvalue weighted by Crippen LogP contribution is 2.31. The van der Waals surface area contributed by atoms with Crippen LogP contribution in [0.2, 0.25) is 0 Å². The van der Waals surface area contributed by atoms with Crippen LogP contribution in [0, 0.1) is 0 Å². The molecule has 0 saturated carbocycles. The molecule has 0 saturated heterocycles. The molecule has 21 heavy (non-hydrogen) atoms. The number of nitrogens with zero attached hydrogens (tertiary/aromatic N) is 2. The zero-order valence-electron chi connectivity index (χ0n) is 11.5. The quantitative estimate of drug-likeness (QED) is 0.784. The number of ether oxygens (including phenoxy) is 1. The number of carbonyl (C=O) groups excluding carboxylic acids is 1. The van der Waals surface area contributed by atoms with E-state index in [0.717, 1.165) is 22.2 Å². The van der Waals surface area contributed by atoms with Crippen molar-refractivity contribution >= 4 is 22.5 Å². The molecule has 1 aliphatic rings. The first-order valence-electron chi connectivity index (χ1n) is 6.68. The Morgan fingerprint density at radius 1 is 1.24 bits per heavy atom. The van der Waals surface area contributed by atoms with Crippen LogP contribution in [0.3, 0.4) is 0 Å². The summed E-state index contributed by atoms with van der Waals surface area (Å²) in [6.45, 7) is 0.581. The van der Waals surface area contributed by atoms with Crippen molar-refractivity contribution in [1.82, 2.24) is 10.2 Å². The smallest absolute Gasteiger partial charge is 0.259 e. The lowest BCUT2D eigenvalue weighted by Gasteiger charge is -2.15. The summed E-state index contributed by atoms with van der Waals surface area (Å²) in [6, 6.07) is 11.5. The third-order valence-corrected chi connectivity index (χ3v) is 3.86. The maximum Gasteiger partial charge on any atom is 0.259 e. The number of hydrogen-bond donors (Lipinski definition) is 1. The van der Waals surface area contributed by atoms with E-state index in [0.29, 0.717) is 17.9 Å². The number of nitrogens with one attached hydrogen (secondary N) is 1. The van der Waals surface area contributed by atoms with Crippen LogP contribution in [0.1, 0.15) is 15.9 Å². The van der Waals surface area contributed by atoms with Crippen molar-refractivity contribution in [2.24, 2.45) is 0 Å². The minimum Gasteiger partial charge on any atom is -0.497 e. The number of carbonyl (C=O) groups is 1. The summed E-state index contributed by atoms with van der Waals surface area (Å²) in [5.74, 6) is 0.704. The predicted octanol–water partition coefficient (Wildman–Crippen LogP) is 2.73. The molecular formula is C16H13N3O2. The second-order valence-corrected chi connectivity index (χ2v) is 5.06. The number of hydrogen-bond acceptors (Lipinski definition) is 3. The zero-order valence-corrected chi connectivity index (χ0v) is 11.5. The van der Waals surface area contributed by atoms with Gasteiger partial charge in [0.15, 0.2) is 0 Å². The van der Waals surface area contributed by atoms with Gasteiger partial charge in [0.25, 0.3) is 5.91 Å².